The van der Waals surface area contributed by atoms with Gasteiger partial charge in [-0.15, -0.1) is 0 Å². The van der Waals surface area contributed by atoms with Crippen LogP contribution in [0.4, 0.5) is 0 Å². The Morgan fingerprint density at radius 2 is 1.60 bits per heavy atom. The molecule has 0 fully saturated rings. The van der Waals surface area contributed by atoms with Crippen LogP contribution >= 0.6 is 10.7 Å². The van der Waals surface area contributed by atoms with E-state index in [1.807, 2.05) is 0 Å². The summed E-state index contributed by atoms with van der Waals surface area (Å²) in [4.78, 5) is 0. The van der Waals surface area contributed by atoms with Crippen molar-refractivity contribution < 1.29 is 8.42 Å². The van der Waals surface area contributed by atoms with Crippen molar-refractivity contribution in [3.8, 4) is 0 Å². The highest BCUT2D eigenvalue weighted by atomic mass is 35.7. The Balaban J connectivity index is 4.06. The molecule has 0 rings (SSSR count). The van der Waals surface area contributed by atoms with E-state index in [4.69, 9.17) is 0 Å². The van der Waals surface area contributed by atoms with Gasteiger partial charge in [-0.05, 0) is 0 Å². The van der Waals surface area contributed by atoms with E-state index in [0.29, 0.717) is 0 Å². The molecule has 0 bridgehead atoms. The van der Waals surface area contributed by atoms with Gasteiger partial charge in [-0.2, -0.15) is 0 Å². The van der Waals surface area contributed by atoms with Crippen LogP contribution < -0.4 is 0 Å². The average molecular weight is 110 g/mol. The van der Waals surface area contributed by atoms with Gasteiger partial charge in [0.05, 0.1) is 0 Å². The molecule has 0 aromatic heterocycles. The molecule has 0 amide bonds. The molecule has 0 saturated heterocycles. The predicted octanol–water partition coefficient (Wildman–Crippen LogP) is -0.362. The lowest BCUT2D eigenvalue weighted by Crippen LogP contribution is -1.79. The van der Waals surface area contributed by atoms with Gasteiger partial charge in [0.2, 0.25) is 0 Å². The lowest BCUT2D eigenvalue weighted by molar-refractivity contribution is 0.621. The molecule has 28 valence electrons. The Morgan fingerprint density at radius 3 is 1.60 bits per heavy atom. The topological polar surface area (TPSA) is 34.1 Å². The summed E-state index contributed by atoms with van der Waals surface area (Å²) in [5, 5.41) is 0. The smallest absolute Gasteiger partial charge is 0.227 e. The molecule has 0 N–H and O–H groups in total. The molecule has 0 aromatic rings. The fourth-order valence-electron chi connectivity index (χ4n) is 0. The molecule has 0 heterocycles. The third-order valence-electron chi connectivity index (χ3n) is 0. The van der Waals surface area contributed by atoms with E-state index in [2.05, 4.69) is 17.8 Å². The summed E-state index contributed by atoms with van der Waals surface area (Å²) in [6, 6.07) is 0. The van der Waals surface area contributed by atoms with Gasteiger partial charge in [0, 0.05) is 10.7 Å². The second-order valence-electron chi connectivity index (χ2n) is 0.476. The number of hydrogen-bond acceptors (Lipinski definition) is 2. The zero-order valence-electron chi connectivity index (χ0n) is 2.18. The first-order valence-electron chi connectivity index (χ1n) is 0.723. The minimum atomic E-state index is -3.69. The first kappa shape index (κ1) is 5.30. The van der Waals surface area contributed by atoms with Gasteiger partial charge in [0.25, 0.3) is 7.12 Å². The lowest BCUT2D eigenvalue weighted by atomic mass is 10.8. The average Bonchev–Trinajstić information content (AvgIpc) is 0.722. The first-order valence-corrected chi connectivity index (χ1v) is 3.10. The van der Waals surface area contributed by atoms with Crippen LogP contribution in [0.15, 0.2) is 0 Å². The Morgan fingerprint density at radius 1 is 1.60 bits per heavy atom. The van der Waals surface area contributed by atoms with Gasteiger partial charge in [-0.1, -0.05) is 0 Å². The van der Waals surface area contributed by atoms with Gasteiger partial charge in [-0.25, -0.2) is 8.42 Å². The van der Waals surface area contributed by atoms with Gasteiger partial charge < -0.3 is 0 Å². The normalized spacial score (nSPS) is 11.4. The van der Waals surface area contributed by atoms with E-state index >= 15 is 0 Å². The molecule has 0 aliphatic heterocycles. The number of rotatable bonds is 0. The van der Waals surface area contributed by atoms with E-state index in [0.717, 1.165) is 0 Å². The molecular formula is BClO2S. The van der Waals surface area contributed by atoms with Gasteiger partial charge in [0.1, 0.15) is 0 Å². The summed E-state index contributed by atoms with van der Waals surface area (Å²) in [5.41, 5.74) is 0. The van der Waals surface area contributed by atoms with Gasteiger partial charge >= 0.3 is 0 Å². The largest absolute Gasteiger partial charge is 0.278 e. The molecule has 2 nitrogen and oxygen atoms in total. The van der Waals surface area contributed by atoms with Crippen LogP contribution in [-0.4, -0.2) is 15.5 Å². The lowest BCUT2D eigenvalue weighted by Gasteiger charge is -1.65. The van der Waals surface area contributed by atoms with Crippen molar-refractivity contribution in [3.63, 3.8) is 0 Å². The van der Waals surface area contributed by atoms with Crippen molar-refractivity contribution >= 4 is 26.7 Å². The Kier molecular flexibility index (Phi) is 1.25. The Hall–Kier alpha value is 0.305. The summed E-state index contributed by atoms with van der Waals surface area (Å²) in [5.74, 6) is 0. The fourth-order valence-corrected chi connectivity index (χ4v) is 0. The maximum atomic E-state index is 9.18. The summed E-state index contributed by atoms with van der Waals surface area (Å²) >= 11 is 0. The van der Waals surface area contributed by atoms with E-state index < -0.39 is 8.90 Å². The van der Waals surface area contributed by atoms with Gasteiger partial charge in [-0.3, -0.25) is 0 Å². The standard InChI is InChI=1S/BClO2S/c1-5(2,3)4. The highest BCUT2D eigenvalue weighted by Crippen LogP contribution is 1.81. The number of halogens is 1. The van der Waals surface area contributed by atoms with Crippen molar-refractivity contribution in [3.05, 3.63) is 0 Å². The third-order valence-corrected chi connectivity index (χ3v) is 0. The van der Waals surface area contributed by atoms with Crippen LogP contribution in [0.1, 0.15) is 0 Å². The first-order chi connectivity index (χ1) is 2.00. The highest BCUT2D eigenvalue weighted by molar-refractivity contribution is 8.30. The molecule has 0 aliphatic rings. The van der Waals surface area contributed by atoms with E-state index in [1.54, 1.807) is 0 Å². The van der Waals surface area contributed by atoms with Crippen LogP contribution in [0.2, 0.25) is 0 Å². The zero-order valence-corrected chi connectivity index (χ0v) is 3.75. The summed E-state index contributed by atoms with van der Waals surface area (Å²) < 4.78 is 18.4. The minimum Gasteiger partial charge on any atom is -0.227 e. The fraction of sp³-hybridized carbons (Fsp3) is 0. The summed E-state index contributed by atoms with van der Waals surface area (Å²) in [6.45, 7) is 0. The van der Waals surface area contributed by atoms with Gasteiger partial charge in [0.15, 0.2) is 8.90 Å². The monoisotopic (exact) mass is 110 g/mol. The summed E-state index contributed by atoms with van der Waals surface area (Å²) in [7, 11) is 4.68. The molecule has 5 heteroatoms. The second kappa shape index (κ2) is 1.18. The Labute approximate surface area is 35.9 Å². The predicted molar refractivity (Wildman–Crippen MR) is 20.5 cm³/mol. The van der Waals surface area contributed by atoms with Crippen LogP contribution in [0.5, 0.6) is 0 Å². The van der Waals surface area contributed by atoms with E-state index in [1.165, 1.54) is 0 Å². The van der Waals surface area contributed by atoms with Crippen molar-refractivity contribution in [2.75, 3.05) is 0 Å². The third kappa shape index (κ3) is 246. The molecule has 5 heavy (non-hydrogen) atoms. The molecule has 0 spiro atoms. The molecular weight excluding hydrogens is 110 g/mol. The molecule has 0 aromatic carbocycles. The van der Waals surface area contributed by atoms with E-state index in [9.17, 15) is 8.42 Å². The second-order valence-corrected chi connectivity index (χ2v) is 2.72. The van der Waals surface area contributed by atoms with Crippen LogP contribution in [0.3, 0.4) is 0 Å². The van der Waals surface area contributed by atoms with Crippen LogP contribution in [0.25, 0.3) is 0 Å². The van der Waals surface area contributed by atoms with Crippen molar-refractivity contribution in [1.82, 2.24) is 0 Å². The molecule has 0 saturated carbocycles. The van der Waals surface area contributed by atoms with Crippen molar-refractivity contribution in [1.29, 1.82) is 0 Å². The maximum absolute atomic E-state index is 9.18. The van der Waals surface area contributed by atoms with Crippen molar-refractivity contribution in [2.45, 2.75) is 0 Å². The highest BCUT2D eigenvalue weighted by Gasteiger charge is 1.84. The summed E-state index contributed by atoms with van der Waals surface area (Å²) in [6.07, 6.45) is 0. The van der Waals surface area contributed by atoms with Crippen LogP contribution in [-0.2, 0) is 8.90 Å². The molecule has 0 unspecified atom stereocenters. The quantitative estimate of drug-likeness (QED) is 0.315. The zero-order chi connectivity index (χ0) is 4.50. The molecule has 0 aliphatic carbocycles. The maximum Gasteiger partial charge on any atom is 0.278 e. The number of hydrogen-bond donors (Lipinski definition) is 0. The van der Waals surface area contributed by atoms with E-state index in [-0.39, 0.29) is 0 Å². The minimum absolute atomic E-state index is 3.69. The molecule has 2 radical (unpaired) electrons. The van der Waals surface area contributed by atoms with Crippen LogP contribution in [0, 0.1) is 0 Å². The molecule has 0 atom stereocenters. The van der Waals surface area contributed by atoms with Crippen molar-refractivity contribution in [2.24, 2.45) is 0 Å². The SMILES string of the molecule is [B]S(=O)(=O)Cl. The Bertz CT molecular complexity index is 92.8.